The Hall–Kier alpha value is -2.48. The Morgan fingerprint density at radius 2 is 2.04 bits per heavy atom. The maximum absolute atomic E-state index is 12.6. The first kappa shape index (κ1) is 18.3. The van der Waals surface area contributed by atoms with Crippen LogP contribution >= 0.6 is 11.6 Å². The minimum Gasteiger partial charge on any atom is -0.486 e. The van der Waals surface area contributed by atoms with Gasteiger partial charge in [-0.3, -0.25) is 4.79 Å². The van der Waals surface area contributed by atoms with E-state index in [0.29, 0.717) is 30.7 Å². The molecule has 1 aromatic heterocycles. The van der Waals surface area contributed by atoms with Crippen molar-refractivity contribution in [3.63, 3.8) is 0 Å². The maximum atomic E-state index is 12.6. The molecule has 0 spiro atoms. The van der Waals surface area contributed by atoms with Crippen LogP contribution in [0.25, 0.3) is 0 Å². The molecule has 2 aromatic rings. The van der Waals surface area contributed by atoms with Gasteiger partial charge in [0.05, 0.1) is 10.6 Å². The highest BCUT2D eigenvalue weighted by atomic mass is 35.5. The molecule has 138 valence electrons. The second-order valence-electron chi connectivity index (χ2n) is 5.64. The van der Waals surface area contributed by atoms with E-state index in [1.54, 1.807) is 12.1 Å². The average Bonchev–Trinajstić information content (AvgIpc) is 2.60. The molecular weight excluding hydrogens is 373 g/mol. The molecule has 1 atom stereocenters. The number of halogens is 4. The van der Waals surface area contributed by atoms with Gasteiger partial charge in [0.2, 0.25) is 5.91 Å². The van der Waals surface area contributed by atoms with Crippen LogP contribution in [0.3, 0.4) is 0 Å². The van der Waals surface area contributed by atoms with Crippen LogP contribution in [0.5, 0.6) is 11.5 Å². The minimum atomic E-state index is -4.55. The lowest BCUT2D eigenvalue weighted by Crippen LogP contribution is -2.30. The molecule has 0 aliphatic carbocycles. The molecule has 5 nitrogen and oxygen atoms in total. The van der Waals surface area contributed by atoms with E-state index >= 15 is 0 Å². The van der Waals surface area contributed by atoms with Crippen LogP contribution < -0.4 is 14.8 Å². The fourth-order valence-corrected chi connectivity index (χ4v) is 2.59. The van der Waals surface area contributed by atoms with E-state index in [1.165, 1.54) is 0 Å². The summed E-state index contributed by atoms with van der Waals surface area (Å²) >= 11 is 5.76. The number of amides is 1. The molecule has 1 N–H and O–H groups in total. The highest BCUT2D eigenvalue weighted by Gasteiger charge is 2.31. The van der Waals surface area contributed by atoms with Gasteiger partial charge in [-0.2, -0.15) is 13.2 Å². The molecule has 0 radical (unpaired) electrons. The smallest absolute Gasteiger partial charge is 0.417 e. The van der Waals surface area contributed by atoms with Gasteiger partial charge in [0.1, 0.15) is 12.7 Å². The zero-order valence-electron chi connectivity index (χ0n) is 13.3. The van der Waals surface area contributed by atoms with E-state index in [9.17, 15) is 18.0 Å². The lowest BCUT2D eigenvalue weighted by molar-refractivity contribution is -0.137. The number of alkyl halides is 3. The van der Waals surface area contributed by atoms with Gasteiger partial charge in [0.25, 0.3) is 0 Å². The Kier molecular flexibility index (Phi) is 5.22. The van der Waals surface area contributed by atoms with Crippen LogP contribution in [0.1, 0.15) is 18.4 Å². The van der Waals surface area contributed by atoms with Gasteiger partial charge < -0.3 is 14.8 Å². The van der Waals surface area contributed by atoms with Crippen molar-refractivity contribution in [3.05, 3.63) is 47.1 Å². The van der Waals surface area contributed by atoms with E-state index in [4.69, 9.17) is 21.1 Å². The zero-order valence-corrected chi connectivity index (χ0v) is 14.1. The summed E-state index contributed by atoms with van der Waals surface area (Å²) in [5.41, 5.74) is -0.980. The number of fused-ring (bicyclic) bond motifs is 1. The predicted octanol–water partition coefficient (Wildman–Crippen LogP) is 4.31. The second-order valence-corrected chi connectivity index (χ2v) is 6.04. The first-order valence-electron chi connectivity index (χ1n) is 7.74. The fraction of sp³-hybridized carbons (Fsp3) is 0.294. The number of para-hydroxylation sites is 2. The van der Waals surface area contributed by atoms with Crippen molar-refractivity contribution in [2.45, 2.75) is 25.1 Å². The van der Waals surface area contributed by atoms with E-state index in [2.05, 4.69) is 10.3 Å². The third-order valence-electron chi connectivity index (χ3n) is 3.69. The summed E-state index contributed by atoms with van der Waals surface area (Å²) in [6, 6.07) is 7.93. The Labute approximate surface area is 152 Å². The first-order chi connectivity index (χ1) is 12.3. The maximum Gasteiger partial charge on any atom is 0.417 e. The number of aromatic nitrogens is 1. The third kappa shape index (κ3) is 4.37. The van der Waals surface area contributed by atoms with E-state index in [0.717, 1.165) is 6.07 Å². The summed E-state index contributed by atoms with van der Waals surface area (Å²) < 4.78 is 49.0. The van der Waals surface area contributed by atoms with Crippen LogP contribution in [0.2, 0.25) is 5.02 Å². The molecule has 0 fully saturated rings. The SMILES string of the molecule is O=C(CC[C@H]1COc2ccccc2O1)Nc1ncc(C(F)(F)F)cc1Cl. The van der Waals surface area contributed by atoms with Crippen molar-refractivity contribution in [1.82, 2.24) is 4.98 Å². The van der Waals surface area contributed by atoms with Crippen LogP contribution in [0, 0.1) is 0 Å². The van der Waals surface area contributed by atoms with Crippen molar-refractivity contribution in [2.24, 2.45) is 0 Å². The van der Waals surface area contributed by atoms with Crippen molar-refractivity contribution >= 4 is 23.3 Å². The summed E-state index contributed by atoms with van der Waals surface area (Å²) in [6.45, 7) is 0.309. The molecule has 1 aromatic carbocycles. The lowest BCUT2D eigenvalue weighted by atomic mass is 10.1. The number of nitrogens with one attached hydrogen (secondary N) is 1. The molecule has 9 heteroatoms. The van der Waals surface area contributed by atoms with Gasteiger partial charge in [-0.25, -0.2) is 4.98 Å². The fourth-order valence-electron chi connectivity index (χ4n) is 2.38. The number of rotatable bonds is 4. The zero-order chi connectivity index (χ0) is 18.7. The van der Waals surface area contributed by atoms with Crippen molar-refractivity contribution < 1.29 is 27.4 Å². The Balaban J connectivity index is 1.54. The molecule has 1 amide bonds. The first-order valence-corrected chi connectivity index (χ1v) is 8.12. The average molecular weight is 387 g/mol. The van der Waals surface area contributed by atoms with Gasteiger partial charge in [0, 0.05) is 12.6 Å². The summed E-state index contributed by atoms with van der Waals surface area (Å²) in [7, 11) is 0. The molecule has 0 bridgehead atoms. The standard InChI is InChI=1S/C17H14ClF3N2O3/c18-12-7-10(17(19,20)21)8-22-16(12)23-15(24)6-5-11-9-25-13-3-1-2-4-14(13)26-11/h1-4,7-8,11H,5-6,9H2,(H,22,23,24)/t11-/m0/s1. The van der Waals surface area contributed by atoms with Gasteiger partial charge >= 0.3 is 6.18 Å². The number of benzene rings is 1. The number of carbonyl (C=O) groups is 1. The van der Waals surface area contributed by atoms with Gasteiger partial charge in [0.15, 0.2) is 17.3 Å². The highest BCUT2D eigenvalue weighted by molar-refractivity contribution is 6.33. The van der Waals surface area contributed by atoms with Crippen molar-refractivity contribution in [1.29, 1.82) is 0 Å². The number of pyridine rings is 1. The monoisotopic (exact) mass is 386 g/mol. The molecule has 1 aliphatic rings. The predicted molar refractivity (Wildman–Crippen MR) is 88.5 cm³/mol. The normalized spacial score (nSPS) is 16.2. The minimum absolute atomic E-state index is 0.0786. The summed E-state index contributed by atoms with van der Waals surface area (Å²) in [6.07, 6.45) is -3.77. The number of anilines is 1. The molecule has 26 heavy (non-hydrogen) atoms. The molecule has 0 unspecified atom stereocenters. The highest BCUT2D eigenvalue weighted by Crippen LogP contribution is 2.33. The Bertz CT molecular complexity index is 814. The van der Waals surface area contributed by atoms with Gasteiger partial charge in [-0.05, 0) is 24.6 Å². The number of ether oxygens (including phenoxy) is 2. The molecule has 1 aliphatic heterocycles. The molecular formula is C17H14ClF3N2O3. The van der Waals surface area contributed by atoms with Crippen LogP contribution in [-0.2, 0) is 11.0 Å². The largest absolute Gasteiger partial charge is 0.486 e. The van der Waals surface area contributed by atoms with Crippen LogP contribution in [0.4, 0.5) is 19.0 Å². The second kappa shape index (κ2) is 7.41. The van der Waals surface area contributed by atoms with Gasteiger partial charge in [-0.15, -0.1) is 0 Å². The van der Waals surface area contributed by atoms with Crippen molar-refractivity contribution in [3.8, 4) is 11.5 Å². The molecule has 0 saturated carbocycles. The van der Waals surface area contributed by atoms with Crippen LogP contribution in [0.15, 0.2) is 36.5 Å². The molecule has 3 rings (SSSR count). The summed E-state index contributed by atoms with van der Waals surface area (Å²) in [5, 5.41) is 2.12. The number of hydrogen-bond donors (Lipinski definition) is 1. The van der Waals surface area contributed by atoms with Gasteiger partial charge in [-0.1, -0.05) is 23.7 Å². The topological polar surface area (TPSA) is 60.5 Å². The van der Waals surface area contributed by atoms with Crippen molar-refractivity contribution in [2.75, 3.05) is 11.9 Å². The quantitative estimate of drug-likeness (QED) is 0.850. The lowest BCUT2D eigenvalue weighted by Gasteiger charge is -2.26. The van der Waals surface area contributed by atoms with E-state index < -0.39 is 17.6 Å². The Morgan fingerprint density at radius 3 is 2.73 bits per heavy atom. The van der Waals surface area contributed by atoms with E-state index in [1.807, 2.05) is 12.1 Å². The van der Waals surface area contributed by atoms with Crippen LogP contribution in [-0.4, -0.2) is 23.6 Å². The Morgan fingerprint density at radius 1 is 1.31 bits per heavy atom. The number of hydrogen-bond acceptors (Lipinski definition) is 4. The molecule has 0 saturated heterocycles. The third-order valence-corrected chi connectivity index (χ3v) is 3.98. The summed E-state index contributed by atoms with van der Waals surface area (Å²) in [5.74, 6) is 0.711. The summed E-state index contributed by atoms with van der Waals surface area (Å²) in [4.78, 5) is 15.6. The molecule has 2 heterocycles. The number of nitrogens with zero attached hydrogens (tertiary/aromatic N) is 1. The number of carbonyl (C=O) groups excluding carboxylic acids is 1. The van der Waals surface area contributed by atoms with E-state index in [-0.39, 0.29) is 23.4 Å².